The Labute approximate surface area is 222 Å². The second kappa shape index (κ2) is 13.4. The second-order valence-corrected chi connectivity index (χ2v) is 9.48. The van der Waals surface area contributed by atoms with Crippen LogP contribution in [0.15, 0.2) is 41.6 Å². The highest BCUT2D eigenvalue weighted by Gasteiger charge is 2.49. The number of carbonyl (C=O) groups excluding carboxylic acids is 1. The fourth-order valence-electron chi connectivity index (χ4n) is 4.24. The highest BCUT2D eigenvalue weighted by Crippen LogP contribution is 2.47. The topological polar surface area (TPSA) is 97.3 Å². The molecule has 1 N–H and O–H groups in total. The van der Waals surface area contributed by atoms with E-state index in [2.05, 4.69) is 19.8 Å². The Morgan fingerprint density at radius 2 is 1.91 bits per heavy atom. The first-order chi connectivity index (χ1) is 16.1. The van der Waals surface area contributed by atoms with Gasteiger partial charge in [0.1, 0.15) is 29.0 Å². The van der Waals surface area contributed by atoms with Crippen molar-refractivity contribution in [1.29, 1.82) is 0 Å². The number of esters is 1. The van der Waals surface area contributed by atoms with Crippen LogP contribution in [0, 0.1) is 0 Å². The summed E-state index contributed by atoms with van der Waals surface area (Å²) < 4.78 is 15.1. The molecule has 3 heterocycles. The zero-order chi connectivity index (χ0) is 23.3. The molecule has 0 bridgehead atoms. The third kappa shape index (κ3) is 6.62. The van der Waals surface area contributed by atoms with Crippen LogP contribution in [0.5, 0.6) is 11.5 Å². The number of benzene rings is 1. The van der Waals surface area contributed by atoms with Gasteiger partial charge in [-0.15, -0.1) is 36.6 Å². The van der Waals surface area contributed by atoms with E-state index in [9.17, 15) is 9.90 Å². The molecule has 1 saturated heterocycles. The van der Waals surface area contributed by atoms with E-state index < -0.39 is 16.8 Å². The Hall–Kier alpha value is -1.98. The lowest BCUT2D eigenvalue weighted by Crippen LogP contribution is -2.50. The van der Waals surface area contributed by atoms with Crippen LogP contribution in [0.4, 0.5) is 5.95 Å². The molecule has 35 heavy (non-hydrogen) atoms. The summed E-state index contributed by atoms with van der Waals surface area (Å²) in [5.41, 5.74) is 0. The molecule has 2 aliphatic heterocycles. The van der Waals surface area contributed by atoms with Gasteiger partial charge in [-0.25, -0.2) is 9.97 Å². The Morgan fingerprint density at radius 1 is 1.20 bits per heavy atom. The van der Waals surface area contributed by atoms with Gasteiger partial charge in [0.2, 0.25) is 5.95 Å². The van der Waals surface area contributed by atoms with Crippen molar-refractivity contribution in [2.24, 2.45) is 0 Å². The fourth-order valence-corrected chi connectivity index (χ4v) is 5.66. The lowest BCUT2D eigenvalue weighted by molar-refractivity contribution is -0.147. The predicted octanol–water partition coefficient (Wildman–Crippen LogP) is 2.69. The Bertz CT molecular complexity index is 953. The molecule has 0 spiro atoms. The van der Waals surface area contributed by atoms with Gasteiger partial charge < -0.3 is 24.2 Å². The summed E-state index contributed by atoms with van der Waals surface area (Å²) in [4.78, 5) is 26.9. The third-order valence-corrected chi connectivity index (χ3v) is 7.68. The Kier molecular flexibility index (Phi) is 11.2. The fraction of sp³-hybridized carbons (Fsp3) is 0.522. The van der Waals surface area contributed by atoms with Crippen molar-refractivity contribution in [3.63, 3.8) is 0 Å². The lowest BCUT2D eigenvalue weighted by atomic mass is 9.95. The van der Waals surface area contributed by atoms with E-state index in [1.54, 1.807) is 31.6 Å². The minimum absolute atomic E-state index is 0. The molecule has 2 unspecified atom stereocenters. The molecular formula is C23H32Cl2N4O5S. The summed E-state index contributed by atoms with van der Waals surface area (Å²) in [7, 11) is 2.95. The number of ether oxygens (including phenoxy) is 3. The molecule has 194 valence electrons. The molecule has 1 aromatic heterocycles. The normalized spacial score (nSPS) is 21.9. The van der Waals surface area contributed by atoms with E-state index in [0.29, 0.717) is 17.9 Å². The number of anilines is 1. The molecule has 0 radical (unpaired) electrons. The summed E-state index contributed by atoms with van der Waals surface area (Å²) >= 11 is 1.31. The van der Waals surface area contributed by atoms with Crippen LogP contribution in [-0.4, -0.2) is 90.3 Å². The Balaban J connectivity index is 0.00000216. The molecule has 0 saturated carbocycles. The van der Waals surface area contributed by atoms with E-state index in [4.69, 9.17) is 14.2 Å². The number of methoxy groups -OCH3 is 2. The number of thioether (sulfide) groups is 1. The van der Waals surface area contributed by atoms with Crippen LogP contribution in [0.25, 0.3) is 0 Å². The maximum atomic E-state index is 13.0. The van der Waals surface area contributed by atoms with Gasteiger partial charge in [0.25, 0.3) is 0 Å². The second-order valence-electron chi connectivity index (χ2n) is 8.10. The molecule has 0 amide bonds. The summed E-state index contributed by atoms with van der Waals surface area (Å²) in [5, 5.41) is 11.0. The van der Waals surface area contributed by atoms with Crippen LogP contribution in [0.2, 0.25) is 0 Å². The summed E-state index contributed by atoms with van der Waals surface area (Å²) in [6.07, 6.45) is 3.72. The number of nitrogens with zero attached hydrogens (tertiary/aromatic N) is 4. The maximum Gasteiger partial charge on any atom is 0.325 e. The van der Waals surface area contributed by atoms with Crippen molar-refractivity contribution in [1.82, 2.24) is 14.9 Å². The Morgan fingerprint density at radius 3 is 2.57 bits per heavy atom. The molecule has 4 rings (SSSR count). The summed E-state index contributed by atoms with van der Waals surface area (Å²) in [5.74, 6) is 1.62. The van der Waals surface area contributed by atoms with Gasteiger partial charge in [-0.1, -0.05) is 0 Å². The van der Waals surface area contributed by atoms with Crippen LogP contribution in [-0.2, 0) is 9.53 Å². The number of aromatic nitrogens is 2. The van der Waals surface area contributed by atoms with Crippen molar-refractivity contribution < 1.29 is 24.1 Å². The van der Waals surface area contributed by atoms with Gasteiger partial charge in [0.15, 0.2) is 0 Å². The first-order valence-corrected chi connectivity index (χ1v) is 11.9. The zero-order valence-corrected chi connectivity index (χ0v) is 22.2. The molecular weight excluding hydrogens is 515 g/mol. The van der Waals surface area contributed by atoms with E-state index in [1.807, 2.05) is 12.1 Å². The molecule has 1 aromatic carbocycles. The number of fused-ring (bicyclic) bond motifs is 1. The number of halogens is 2. The first kappa shape index (κ1) is 29.3. The van der Waals surface area contributed by atoms with Gasteiger partial charge in [-0.05, 0) is 43.7 Å². The molecule has 1 fully saturated rings. The molecule has 2 atom stereocenters. The largest absolute Gasteiger partial charge is 0.497 e. The van der Waals surface area contributed by atoms with Gasteiger partial charge in [-0.3, -0.25) is 9.69 Å². The molecule has 0 aliphatic carbocycles. The third-order valence-electron chi connectivity index (χ3n) is 6.14. The number of carbonyl (C=O) groups is 1. The SMILES string of the molecule is COC(=O)C1(CCCN2CCN(c3ncccn3)CC2)Sc2cc(OC)ccc2OCC1O.Cl.Cl. The summed E-state index contributed by atoms with van der Waals surface area (Å²) in [6.45, 7) is 4.33. The molecule has 2 aliphatic rings. The number of piperazine rings is 1. The highest BCUT2D eigenvalue weighted by molar-refractivity contribution is 8.01. The van der Waals surface area contributed by atoms with E-state index in [0.717, 1.165) is 50.0 Å². The van der Waals surface area contributed by atoms with Crippen LogP contribution >= 0.6 is 36.6 Å². The predicted molar refractivity (Wildman–Crippen MR) is 140 cm³/mol. The lowest BCUT2D eigenvalue weighted by Gasteiger charge is -2.36. The number of aliphatic hydroxyl groups excluding tert-OH is 1. The van der Waals surface area contributed by atoms with E-state index in [1.165, 1.54) is 18.9 Å². The van der Waals surface area contributed by atoms with Gasteiger partial charge in [0.05, 0.1) is 19.1 Å². The number of rotatable bonds is 7. The monoisotopic (exact) mass is 546 g/mol. The number of aliphatic hydroxyl groups is 1. The zero-order valence-electron chi connectivity index (χ0n) is 19.8. The van der Waals surface area contributed by atoms with Crippen LogP contribution in [0.1, 0.15) is 12.8 Å². The average molecular weight is 548 g/mol. The van der Waals surface area contributed by atoms with E-state index in [-0.39, 0.29) is 31.4 Å². The van der Waals surface area contributed by atoms with Crippen molar-refractivity contribution in [2.75, 3.05) is 58.5 Å². The van der Waals surface area contributed by atoms with Crippen molar-refractivity contribution >= 4 is 48.5 Å². The smallest absolute Gasteiger partial charge is 0.325 e. The average Bonchev–Trinajstić information content (AvgIpc) is 3.01. The van der Waals surface area contributed by atoms with Gasteiger partial charge in [0, 0.05) is 38.6 Å². The number of hydrogen-bond acceptors (Lipinski definition) is 10. The minimum Gasteiger partial charge on any atom is -0.497 e. The molecule has 2 aromatic rings. The quantitative estimate of drug-likeness (QED) is 0.522. The van der Waals surface area contributed by atoms with Crippen molar-refractivity contribution in [3.05, 3.63) is 36.7 Å². The van der Waals surface area contributed by atoms with E-state index >= 15 is 0 Å². The number of hydrogen-bond donors (Lipinski definition) is 1. The maximum absolute atomic E-state index is 13.0. The minimum atomic E-state index is -1.15. The van der Waals surface area contributed by atoms with Gasteiger partial charge in [-0.2, -0.15) is 0 Å². The van der Waals surface area contributed by atoms with Crippen molar-refractivity contribution in [3.8, 4) is 11.5 Å². The van der Waals surface area contributed by atoms with Crippen molar-refractivity contribution in [2.45, 2.75) is 28.6 Å². The first-order valence-electron chi connectivity index (χ1n) is 11.1. The van der Waals surface area contributed by atoms with Gasteiger partial charge >= 0.3 is 5.97 Å². The molecule has 12 heteroatoms. The van der Waals surface area contributed by atoms with Crippen LogP contribution in [0.3, 0.4) is 0 Å². The standard InChI is InChI=1S/C23H30N4O5S.2ClH/c1-30-17-5-6-18-19(15-17)33-23(21(29)31-2,20(28)16-32-18)7-3-10-26-11-13-27(14-12-26)22-24-8-4-9-25-22;;/h4-6,8-9,15,20,28H,3,7,10-14,16H2,1-2H3;2*1H. The summed E-state index contributed by atoms with van der Waals surface area (Å²) in [6, 6.07) is 7.26. The van der Waals surface area contributed by atoms with Crippen LogP contribution < -0.4 is 14.4 Å². The highest BCUT2D eigenvalue weighted by atomic mass is 35.5. The molecule has 9 nitrogen and oxygen atoms in total.